The Morgan fingerprint density at radius 2 is 1.71 bits per heavy atom. The summed E-state index contributed by atoms with van der Waals surface area (Å²) in [6, 6.07) is 8.43. The molecule has 0 atom stereocenters. The number of nitrogens with zero attached hydrogens (tertiary/aromatic N) is 2. The number of rotatable bonds is 3. The second-order valence-electron chi connectivity index (χ2n) is 7.74. The smallest absolute Gasteiger partial charge is 0.0969 e. The van der Waals surface area contributed by atoms with Gasteiger partial charge in [-0.05, 0) is 68.4 Å². The number of aromatic nitrogens is 2. The second kappa shape index (κ2) is 4.33. The minimum Gasteiger partial charge on any atom is -0.317 e. The Labute approximate surface area is 125 Å². The lowest BCUT2D eigenvalue weighted by Crippen LogP contribution is -2.58. The molecule has 2 aromatic rings. The van der Waals surface area contributed by atoms with Crippen LogP contribution < -0.4 is 5.32 Å². The molecule has 1 aromatic carbocycles. The Morgan fingerprint density at radius 1 is 1.05 bits per heavy atom. The van der Waals surface area contributed by atoms with Crippen LogP contribution in [0.2, 0.25) is 0 Å². The van der Waals surface area contributed by atoms with Crippen LogP contribution in [-0.2, 0) is 6.67 Å². The quantitative estimate of drug-likeness (QED) is 0.932. The maximum absolute atomic E-state index is 4.51. The van der Waals surface area contributed by atoms with E-state index in [0.717, 1.165) is 29.9 Å². The van der Waals surface area contributed by atoms with Gasteiger partial charge in [-0.15, -0.1) is 0 Å². The van der Waals surface area contributed by atoms with Crippen LogP contribution in [0.25, 0.3) is 11.0 Å². The zero-order chi connectivity index (χ0) is 13.9. The van der Waals surface area contributed by atoms with Gasteiger partial charge < -0.3 is 4.57 Å². The minimum atomic E-state index is 0.431. The van der Waals surface area contributed by atoms with E-state index in [1.807, 2.05) is 6.33 Å². The van der Waals surface area contributed by atoms with Crippen LogP contribution >= 0.6 is 0 Å². The molecule has 0 unspecified atom stereocenters. The van der Waals surface area contributed by atoms with E-state index in [-0.39, 0.29) is 0 Å². The van der Waals surface area contributed by atoms with E-state index in [1.54, 1.807) is 0 Å². The van der Waals surface area contributed by atoms with Crippen LogP contribution in [0.4, 0.5) is 0 Å². The topological polar surface area (TPSA) is 29.9 Å². The average molecular weight is 281 g/mol. The van der Waals surface area contributed by atoms with Gasteiger partial charge in [0.05, 0.1) is 24.0 Å². The minimum absolute atomic E-state index is 0.431. The van der Waals surface area contributed by atoms with E-state index in [2.05, 4.69) is 39.1 Å². The van der Waals surface area contributed by atoms with Crippen molar-refractivity contribution in [3.63, 3.8) is 0 Å². The molecule has 3 nitrogen and oxygen atoms in total. The fourth-order valence-corrected chi connectivity index (χ4v) is 5.72. The number of benzene rings is 1. The first-order chi connectivity index (χ1) is 10.3. The highest BCUT2D eigenvalue weighted by atomic mass is 15.2. The standard InChI is InChI=1S/C18H23N3/c1-2-4-17-16(3-1)19-11-21(17)12-20-18-8-13-5-14(9-18)7-15(6-13)10-18/h1-4,11,13-15,20H,5-10,12H2. The van der Waals surface area contributed by atoms with Crippen molar-refractivity contribution < 1.29 is 0 Å². The van der Waals surface area contributed by atoms with Crippen molar-refractivity contribution in [2.75, 3.05) is 0 Å². The third-order valence-electron chi connectivity index (χ3n) is 6.19. The molecule has 4 fully saturated rings. The normalized spacial score (nSPS) is 37.4. The van der Waals surface area contributed by atoms with Crippen molar-refractivity contribution in [1.82, 2.24) is 14.9 Å². The average Bonchev–Trinajstić information content (AvgIpc) is 2.87. The van der Waals surface area contributed by atoms with Crippen LogP contribution in [-0.4, -0.2) is 15.1 Å². The van der Waals surface area contributed by atoms with E-state index in [0.29, 0.717) is 5.54 Å². The summed E-state index contributed by atoms with van der Waals surface area (Å²) >= 11 is 0. The molecule has 4 saturated carbocycles. The van der Waals surface area contributed by atoms with Gasteiger partial charge in [0.15, 0.2) is 0 Å². The summed E-state index contributed by atoms with van der Waals surface area (Å²) in [5.41, 5.74) is 2.78. The predicted molar refractivity (Wildman–Crippen MR) is 83.8 cm³/mol. The number of hydrogen-bond donors (Lipinski definition) is 1. The molecule has 0 saturated heterocycles. The SMILES string of the molecule is c1ccc2c(c1)ncn2CNC12CC3CC(CC(C3)C1)C2. The first-order valence-corrected chi connectivity index (χ1v) is 8.45. The predicted octanol–water partition coefficient (Wildman–Crippen LogP) is 3.55. The fourth-order valence-electron chi connectivity index (χ4n) is 5.72. The molecule has 3 heteroatoms. The molecule has 6 rings (SSSR count). The van der Waals surface area contributed by atoms with Crippen molar-refractivity contribution in [3.05, 3.63) is 30.6 Å². The molecule has 4 aliphatic carbocycles. The lowest BCUT2D eigenvalue weighted by molar-refractivity contribution is -0.0233. The van der Waals surface area contributed by atoms with Gasteiger partial charge in [-0.1, -0.05) is 12.1 Å². The molecular formula is C18H23N3. The van der Waals surface area contributed by atoms with Gasteiger partial charge in [0.25, 0.3) is 0 Å². The fraction of sp³-hybridized carbons (Fsp3) is 0.611. The third-order valence-corrected chi connectivity index (χ3v) is 6.19. The Balaban J connectivity index is 1.38. The van der Waals surface area contributed by atoms with Crippen LogP contribution in [0.3, 0.4) is 0 Å². The lowest BCUT2D eigenvalue weighted by Gasteiger charge is -2.57. The lowest BCUT2D eigenvalue weighted by atomic mass is 9.53. The molecule has 1 N–H and O–H groups in total. The van der Waals surface area contributed by atoms with Crippen molar-refractivity contribution >= 4 is 11.0 Å². The number of nitrogens with one attached hydrogen (secondary N) is 1. The summed E-state index contributed by atoms with van der Waals surface area (Å²) in [5.74, 6) is 3.01. The molecule has 4 aliphatic rings. The Kier molecular flexibility index (Phi) is 2.52. The number of fused-ring (bicyclic) bond motifs is 1. The maximum Gasteiger partial charge on any atom is 0.0969 e. The van der Waals surface area contributed by atoms with Crippen LogP contribution in [0.1, 0.15) is 38.5 Å². The van der Waals surface area contributed by atoms with Crippen molar-refractivity contribution in [2.24, 2.45) is 17.8 Å². The Hall–Kier alpha value is -1.35. The summed E-state index contributed by atoms with van der Waals surface area (Å²) in [7, 11) is 0. The van der Waals surface area contributed by atoms with Crippen LogP contribution in [0.5, 0.6) is 0 Å². The molecule has 0 aliphatic heterocycles. The molecule has 0 spiro atoms. The zero-order valence-electron chi connectivity index (χ0n) is 12.5. The summed E-state index contributed by atoms with van der Waals surface area (Å²) < 4.78 is 2.27. The molecule has 1 heterocycles. The number of hydrogen-bond acceptors (Lipinski definition) is 2. The molecule has 110 valence electrons. The second-order valence-corrected chi connectivity index (χ2v) is 7.74. The highest BCUT2D eigenvalue weighted by Crippen LogP contribution is 2.55. The molecule has 21 heavy (non-hydrogen) atoms. The molecule has 0 radical (unpaired) electrons. The summed E-state index contributed by atoms with van der Waals surface area (Å²) in [6.45, 7) is 0.909. The molecular weight excluding hydrogens is 258 g/mol. The number of para-hydroxylation sites is 2. The number of imidazole rings is 1. The summed E-state index contributed by atoms with van der Waals surface area (Å²) in [4.78, 5) is 4.51. The molecule has 4 bridgehead atoms. The largest absolute Gasteiger partial charge is 0.317 e. The summed E-state index contributed by atoms with van der Waals surface area (Å²) in [6.07, 6.45) is 10.7. The van der Waals surface area contributed by atoms with Gasteiger partial charge in [-0.3, -0.25) is 5.32 Å². The van der Waals surface area contributed by atoms with Crippen molar-refractivity contribution in [2.45, 2.75) is 50.7 Å². The van der Waals surface area contributed by atoms with Gasteiger partial charge in [-0.2, -0.15) is 0 Å². The Morgan fingerprint density at radius 3 is 2.43 bits per heavy atom. The van der Waals surface area contributed by atoms with Crippen molar-refractivity contribution in [1.29, 1.82) is 0 Å². The monoisotopic (exact) mass is 281 g/mol. The highest BCUT2D eigenvalue weighted by Gasteiger charge is 2.50. The Bertz CT molecular complexity index is 637. The molecule has 0 amide bonds. The molecule has 1 aromatic heterocycles. The zero-order valence-corrected chi connectivity index (χ0v) is 12.5. The first-order valence-electron chi connectivity index (χ1n) is 8.45. The van der Waals surface area contributed by atoms with Gasteiger partial charge in [0, 0.05) is 5.54 Å². The van der Waals surface area contributed by atoms with E-state index < -0.39 is 0 Å². The highest BCUT2D eigenvalue weighted by molar-refractivity contribution is 5.74. The van der Waals surface area contributed by atoms with Gasteiger partial charge in [0.2, 0.25) is 0 Å². The maximum atomic E-state index is 4.51. The first kappa shape index (κ1) is 12.2. The van der Waals surface area contributed by atoms with E-state index in [9.17, 15) is 0 Å². The van der Waals surface area contributed by atoms with Gasteiger partial charge in [0.1, 0.15) is 0 Å². The van der Waals surface area contributed by atoms with E-state index >= 15 is 0 Å². The van der Waals surface area contributed by atoms with E-state index in [4.69, 9.17) is 0 Å². The summed E-state index contributed by atoms with van der Waals surface area (Å²) in [5, 5.41) is 3.94. The third kappa shape index (κ3) is 1.94. The van der Waals surface area contributed by atoms with Gasteiger partial charge in [-0.25, -0.2) is 4.98 Å². The van der Waals surface area contributed by atoms with Crippen molar-refractivity contribution in [3.8, 4) is 0 Å². The van der Waals surface area contributed by atoms with Crippen LogP contribution in [0, 0.1) is 17.8 Å². The van der Waals surface area contributed by atoms with E-state index in [1.165, 1.54) is 44.0 Å². The van der Waals surface area contributed by atoms with Gasteiger partial charge >= 0.3 is 0 Å². The van der Waals surface area contributed by atoms with Crippen LogP contribution in [0.15, 0.2) is 30.6 Å².